The van der Waals surface area contributed by atoms with E-state index in [1.165, 1.54) is 24.1 Å². The van der Waals surface area contributed by atoms with E-state index in [0.717, 1.165) is 19.0 Å². The number of rotatable bonds is 5. The molecule has 0 aliphatic carbocycles. The first kappa shape index (κ1) is 16.4. The van der Waals surface area contributed by atoms with Gasteiger partial charge in [-0.15, -0.1) is 0 Å². The molecular weight excluding hydrogens is 256 g/mol. The van der Waals surface area contributed by atoms with Gasteiger partial charge in [-0.1, -0.05) is 59.2 Å². The molecule has 1 aliphatic rings. The van der Waals surface area contributed by atoms with E-state index >= 15 is 0 Å². The molecule has 3 atom stereocenters. The number of anilines is 1. The van der Waals surface area contributed by atoms with Crippen LogP contribution in [0.1, 0.15) is 58.9 Å². The summed E-state index contributed by atoms with van der Waals surface area (Å²) in [6.07, 6.45) is 2.45. The highest BCUT2D eigenvalue weighted by Crippen LogP contribution is 2.31. The fourth-order valence-electron chi connectivity index (χ4n) is 3.39. The van der Waals surface area contributed by atoms with E-state index in [2.05, 4.69) is 69.1 Å². The summed E-state index contributed by atoms with van der Waals surface area (Å²) in [5, 5.41) is 3.78. The summed E-state index contributed by atoms with van der Waals surface area (Å²) in [4.78, 5) is 2.67. The normalized spacial score (nSPS) is 24.4. The molecule has 0 spiro atoms. The second-order valence-corrected chi connectivity index (χ2v) is 6.83. The second-order valence-electron chi connectivity index (χ2n) is 6.83. The average Bonchev–Trinajstić information content (AvgIpc) is 2.53. The quantitative estimate of drug-likeness (QED) is 0.863. The van der Waals surface area contributed by atoms with Gasteiger partial charge < -0.3 is 10.2 Å². The first-order valence-electron chi connectivity index (χ1n) is 8.67. The highest BCUT2D eigenvalue weighted by molar-refractivity contribution is 5.56. The standard InChI is InChI=1S/C19H32N2/c1-6-15(5)18-13-21(16(7-2)12-20-18)19-11-9-8-10-17(19)14(3)4/h8-11,14-16,18,20H,6-7,12-13H2,1-5H3. The highest BCUT2D eigenvalue weighted by atomic mass is 15.2. The third-order valence-corrected chi connectivity index (χ3v) is 5.12. The summed E-state index contributed by atoms with van der Waals surface area (Å²) in [6.45, 7) is 13.8. The zero-order valence-corrected chi connectivity index (χ0v) is 14.4. The number of hydrogen-bond donors (Lipinski definition) is 1. The van der Waals surface area contributed by atoms with Gasteiger partial charge in [0.1, 0.15) is 0 Å². The molecular formula is C19H32N2. The molecule has 1 aromatic rings. The number of nitrogens with one attached hydrogen (secondary N) is 1. The second kappa shape index (κ2) is 7.31. The summed E-state index contributed by atoms with van der Waals surface area (Å²) >= 11 is 0. The van der Waals surface area contributed by atoms with Crippen LogP contribution in [0.3, 0.4) is 0 Å². The number of nitrogens with zero attached hydrogens (tertiary/aromatic N) is 1. The van der Waals surface area contributed by atoms with Gasteiger partial charge in [0.2, 0.25) is 0 Å². The molecule has 1 heterocycles. The highest BCUT2D eigenvalue weighted by Gasteiger charge is 2.30. The zero-order valence-electron chi connectivity index (χ0n) is 14.4. The molecule has 1 saturated heterocycles. The van der Waals surface area contributed by atoms with Crippen molar-refractivity contribution in [2.24, 2.45) is 5.92 Å². The molecule has 1 N–H and O–H groups in total. The van der Waals surface area contributed by atoms with Crippen molar-refractivity contribution in [3.8, 4) is 0 Å². The van der Waals surface area contributed by atoms with E-state index in [9.17, 15) is 0 Å². The van der Waals surface area contributed by atoms with Crippen LogP contribution in [-0.4, -0.2) is 25.2 Å². The molecule has 118 valence electrons. The van der Waals surface area contributed by atoms with Gasteiger partial charge in [0.25, 0.3) is 0 Å². The fourth-order valence-corrected chi connectivity index (χ4v) is 3.39. The molecule has 0 radical (unpaired) electrons. The van der Waals surface area contributed by atoms with Crippen LogP contribution in [0.25, 0.3) is 0 Å². The summed E-state index contributed by atoms with van der Waals surface area (Å²) in [7, 11) is 0. The van der Waals surface area contributed by atoms with Crippen molar-refractivity contribution in [1.82, 2.24) is 5.32 Å². The van der Waals surface area contributed by atoms with Gasteiger partial charge in [0, 0.05) is 30.9 Å². The number of benzene rings is 1. The van der Waals surface area contributed by atoms with E-state index in [1.807, 2.05) is 0 Å². The monoisotopic (exact) mass is 288 g/mol. The zero-order chi connectivity index (χ0) is 15.4. The molecule has 0 amide bonds. The predicted molar refractivity (Wildman–Crippen MR) is 93.2 cm³/mol. The van der Waals surface area contributed by atoms with E-state index < -0.39 is 0 Å². The minimum Gasteiger partial charge on any atom is -0.365 e. The van der Waals surface area contributed by atoms with Crippen LogP contribution < -0.4 is 10.2 Å². The lowest BCUT2D eigenvalue weighted by atomic mass is 9.92. The van der Waals surface area contributed by atoms with Crippen molar-refractivity contribution in [1.29, 1.82) is 0 Å². The Morgan fingerprint density at radius 2 is 1.90 bits per heavy atom. The van der Waals surface area contributed by atoms with Gasteiger partial charge in [0.05, 0.1) is 0 Å². The maximum Gasteiger partial charge on any atom is 0.0412 e. The third kappa shape index (κ3) is 3.60. The Kier molecular flexibility index (Phi) is 5.69. The lowest BCUT2D eigenvalue weighted by Gasteiger charge is -2.44. The predicted octanol–water partition coefficient (Wildman–Crippen LogP) is 4.41. The maximum absolute atomic E-state index is 3.78. The van der Waals surface area contributed by atoms with Crippen molar-refractivity contribution in [3.63, 3.8) is 0 Å². The Morgan fingerprint density at radius 1 is 1.19 bits per heavy atom. The van der Waals surface area contributed by atoms with Crippen LogP contribution in [0, 0.1) is 5.92 Å². The molecule has 1 fully saturated rings. The molecule has 21 heavy (non-hydrogen) atoms. The Balaban J connectivity index is 2.29. The summed E-state index contributed by atoms with van der Waals surface area (Å²) in [5.41, 5.74) is 2.94. The van der Waals surface area contributed by atoms with Crippen molar-refractivity contribution >= 4 is 5.69 Å². The van der Waals surface area contributed by atoms with Gasteiger partial charge in [-0.2, -0.15) is 0 Å². The lowest BCUT2D eigenvalue weighted by Crippen LogP contribution is -2.58. The van der Waals surface area contributed by atoms with Gasteiger partial charge in [-0.25, -0.2) is 0 Å². The first-order valence-corrected chi connectivity index (χ1v) is 8.67. The molecule has 3 unspecified atom stereocenters. The van der Waals surface area contributed by atoms with Gasteiger partial charge in [-0.3, -0.25) is 0 Å². The Labute approximate surface area is 130 Å². The van der Waals surface area contributed by atoms with Crippen LogP contribution in [0.2, 0.25) is 0 Å². The van der Waals surface area contributed by atoms with Gasteiger partial charge in [0.15, 0.2) is 0 Å². The van der Waals surface area contributed by atoms with E-state index in [1.54, 1.807) is 0 Å². The van der Waals surface area contributed by atoms with E-state index in [4.69, 9.17) is 0 Å². The van der Waals surface area contributed by atoms with Crippen LogP contribution >= 0.6 is 0 Å². The summed E-state index contributed by atoms with van der Waals surface area (Å²) in [6, 6.07) is 10.2. The molecule has 2 heteroatoms. The first-order chi connectivity index (χ1) is 10.1. The van der Waals surface area contributed by atoms with Crippen LogP contribution in [0.4, 0.5) is 5.69 Å². The van der Waals surface area contributed by atoms with Crippen molar-refractivity contribution < 1.29 is 0 Å². The molecule has 0 bridgehead atoms. The SMILES string of the molecule is CCC(C)C1CN(c2ccccc2C(C)C)C(CC)CN1. The number of hydrogen-bond acceptors (Lipinski definition) is 2. The topological polar surface area (TPSA) is 15.3 Å². The number of piperazine rings is 1. The Hall–Kier alpha value is -1.02. The maximum atomic E-state index is 3.78. The minimum atomic E-state index is 0.579. The molecule has 0 aromatic heterocycles. The van der Waals surface area contributed by atoms with Gasteiger partial charge >= 0.3 is 0 Å². The minimum absolute atomic E-state index is 0.579. The molecule has 1 aliphatic heterocycles. The van der Waals surface area contributed by atoms with E-state index in [0.29, 0.717) is 18.0 Å². The Morgan fingerprint density at radius 3 is 2.52 bits per heavy atom. The average molecular weight is 288 g/mol. The van der Waals surface area contributed by atoms with Gasteiger partial charge in [-0.05, 0) is 29.9 Å². The smallest absolute Gasteiger partial charge is 0.0412 e. The van der Waals surface area contributed by atoms with Crippen molar-refractivity contribution in [3.05, 3.63) is 29.8 Å². The summed E-state index contributed by atoms with van der Waals surface area (Å²) < 4.78 is 0. The third-order valence-electron chi connectivity index (χ3n) is 5.12. The van der Waals surface area contributed by atoms with Crippen LogP contribution in [-0.2, 0) is 0 Å². The van der Waals surface area contributed by atoms with Crippen LogP contribution in [0.15, 0.2) is 24.3 Å². The largest absolute Gasteiger partial charge is 0.365 e. The van der Waals surface area contributed by atoms with E-state index in [-0.39, 0.29) is 0 Å². The molecule has 2 nitrogen and oxygen atoms in total. The summed E-state index contributed by atoms with van der Waals surface area (Å²) in [5.74, 6) is 1.31. The molecule has 1 aromatic carbocycles. The molecule has 0 saturated carbocycles. The lowest BCUT2D eigenvalue weighted by molar-refractivity contribution is 0.306. The fraction of sp³-hybridized carbons (Fsp3) is 0.684. The Bertz CT molecular complexity index is 441. The van der Waals surface area contributed by atoms with Crippen molar-refractivity contribution in [2.45, 2.75) is 65.5 Å². The van der Waals surface area contributed by atoms with Crippen molar-refractivity contribution in [2.75, 3.05) is 18.0 Å². The molecule has 2 rings (SSSR count). The number of para-hydroxylation sites is 1. The van der Waals surface area contributed by atoms with Crippen LogP contribution in [0.5, 0.6) is 0 Å².